The zero-order valence-electron chi connectivity index (χ0n) is 5.26. The zero-order valence-corrected chi connectivity index (χ0v) is 6.85. The van der Waals surface area contributed by atoms with Gasteiger partial charge in [0.1, 0.15) is 5.60 Å². The Morgan fingerprint density at radius 2 is 2.40 bits per heavy atom. The van der Waals surface area contributed by atoms with Gasteiger partial charge in [0, 0.05) is 0 Å². The van der Waals surface area contributed by atoms with Crippen LogP contribution < -0.4 is 0 Å². The van der Waals surface area contributed by atoms with Gasteiger partial charge < -0.3 is 5.11 Å². The van der Waals surface area contributed by atoms with Crippen molar-refractivity contribution in [3.05, 3.63) is 16.4 Å². The van der Waals surface area contributed by atoms with Gasteiger partial charge in [0.2, 0.25) is 0 Å². The molecule has 1 fully saturated rings. The van der Waals surface area contributed by atoms with Crippen LogP contribution in [0.3, 0.4) is 0 Å². The maximum atomic E-state index is 9.57. The van der Waals surface area contributed by atoms with Gasteiger partial charge in [-0.05, 0) is 28.8 Å². The van der Waals surface area contributed by atoms with E-state index >= 15 is 0 Å². The molecule has 54 valence electrons. The molecule has 1 aliphatic rings. The lowest BCUT2D eigenvalue weighted by molar-refractivity contribution is 0.145. The van der Waals surface area contributed by atoms with Gasteiger partial charge in [-0.15, -0.1) is 0 Å². The molecule has 1 heterocycles. The first-order chi connectivity index (χ1) is 4.72. The number of aliphatic hydroxyl groups is 1. The monoisotopic (exact) mass is 202 g/mol. The van der Waals surface area contributed by atoms with E-state index in [0.29, 0.717) is 0 Å². The second-order valence-corrected chi connectivity index (χ2v) is 3.48. The van der Waals surface area contributed by atoms with Gasteiger partial charge in [0.15, 0.2) is 0 Å². The molecule has 0 atom stereocenters. The molecule has 2 N–H and O–H groups in total. The highest BCUT2D eigenvalue weighted by molar-refractivity contribution is 9.10. The summed E-state index contributed by atoms with van der Waals surface area (Å²) in [5.41, 5.74) is 0.211. The third-order valence-electron chi connectivity index (χ3n) is 1.78. The molecule has 0 aliphatic heterocycles. The van der Waals surface area contributed by atoms with E-state index in [2.05, 4.69) is 26.1 Å². The zero-order chi connectivity index (χ0) is 7.19. The minimum atomic E-state index is -0.602. The van der Waals surface area contributed by atoms with E-state index in [-0.39, 0.29) is 0 Å². The lowest BCUT2D eigenvalue weighted by Gasteiger charge is -2.02. The molecule has 0 unspecified atom stereocenters. The van der Waals surface area contributed by atoms with Crippen molar-refractivity contribution in [3.8, 4) is 0 Å². The topological polar surface area (TPSA) is 48.9 Å². The van der Waals surface area contributed by atoms with Crippen molar-refractivity contribution in [2.45, 2.75) is 18.4 Å². The lowest BCUT2D eigenvalue weighted by Crippen LogP contribution is -2.05. The number of hydrogen-bond acceptors (Lipinski definition) is 2. The molecule has 4 heteroatoms. The van der Waals surface area contributed by atoms with E-state index in [1.54, 1.807) is 6.20 Å². The first-order valence-corrected chi connectivity index (χ1v) is 3.93. The molecule has 0 amide bonds. The molecular weight excluding hydrogens is 196 g/mol. The van der Waals surface area contributed by atoms with Crippen molar-refractivity contribution in [2.24, 2.45) is 0 Å². The van der Waals surface area contributed by atoms with Crippen LogP contribution in [0, 0.1) is 0 Å². The SMILES string of the molecule is OC1(c2[nH]ncc2Br)CC1. The van der Waals surface area contributed by atoms with Gasteiger partial charge in [-0.3, -0.25) is 5.10 Å². The molecule has 2 rings (SSSR count). The Kier molecular flexibility index (Phi) is 1.16. The van der Waals surface area contributed by atoms with Gasteiger partial charge in [-0.1, -0.05) is 0 Å². The predicted octanol–water partition coefficient (Wildman–Crippen LogP) is 1.15. The summed E-state index contributed by atoms with van der Waals surface area (Å²) in [4.78, 5) is 0. The van der Waals surface area contributed by atoms with E-state index in [4.69, 9.17) is 0 Å². The van der Waals surface area contributed by atoms with Crippen molar-refractivity contribution in [1.82, 2.24) is 10.2 Å². The van der Waals surface area contributed by atoms with Crippen LogP contribution in [0.15, 0.2) is 10.7 Å². The van der Waals surface area contributed by atoms with Crippen LogP contribution >= 0.6 is 15.9 Å². The first kappa shape index (κ1) is 6.37. The predicted molar refractivity (Wildman–Crippen MR) is 39.4 cm³/mol. The molecule has 0 bridgehead atoms. The summed E-state index contributed by atoms with van der Waals surface area (Å²) >= 11 is 3.29. The Morgan fingerprint density at radius 3 is 2.80 bits per heavy atom. The largest absolute Gasteiger partial charge is 0.384 e. The fourth-order valence-electron chi connectivity index (χ4n) is 0.966. The molecule has 1 aromatic rings. The maximum absolute atomic E-state index is 9.57. The maximum Gasteiger partial charge on any atom is 0.107 e. The quantitative estimate of drug-likeness (QED) is 0.719. The van der Waals surface area contributed by atoms with E-state index in [0.717, 1.165) is 23.0 Å². The molecule has 1 aliphatic carbocycles. The summed E-state index contributed by atoms with van der Waals surface area (Å²) < 4.78 is 0.868. The summed E-state index contributed by atoms with van der Waals surface area (Å²) in [6.45, 7) is 0. The van der Waals surface area contributed by atoms with Gasteiger partial charge in [-0.25, -0.2) is 0 Å². The smallest absolute Gasteiger partial charge is 0.107 e. The molecule has 1 aromatic heterocycles. The average Bonchev–Trinajstić information content (AvgIpc) is 2.44. The van der Waals surface area contributed by atoms with Crippen molar-refractivity contribution in [3.63, 3.8) is 0 Å². The van der Waals surface area contributed by atoms with Crippen molar-refractivity contribution in [1.29, 1.82) is 0 Å². The number of nitrogens with one attached hydrogen (secondary N) is 1. The summed E-state index contributed by atoms with van der Waals surface area (Å²) in [7, 11) is 0. The molecule has 10 heavy (non-hydrogen) atoms. The fourth-order valence-corrected chi connectivity index (χ4v) is 1.53. The lowest BCUT2D eigenvalue weighted by atomic mass is 10.2. The highest BCUT2D eigenvalue weighted by Gasteiger charge is 2.44. The summed E-state index contributed by atoms with van der Waals surface area (Å²) in [5.74, 6) is 0. The minimum Gasteiger partial charge on any atom is -0.384 e. The van der Waals surface area contributed by atoms with Crippen molar-refractivity contribution >= 4 is 15.9 Å². The van der Waals surface area contributed by atoms with Crippen LogP contribution in [0.1, 0.15) is 18.5 Å². The molecule has 0 saturated heterocycles. The molecule has 1 saturated carbocycles. The molecule has 0 aromatic carbocycles. The van der Waals surface area contributed by atoms with E-state index in [1.165, 1.54) is 0 Å². The fraction of sp³-hybridized carbons (Fsp3) is 0.500. The molecule has 0 spiro atoms. The first-order valence-electron chi connectivity index (χ1n) is 3.14. The van der Waals surface area contributed by atoms with Crippen molar-refractivity contribution < 1.29 is 5.11 Å². The van der Waals surface area contributed by atoms with Crippen molar-refractivity contribution in [2.75, 3.05) is 0 Å². The van der Waals surface area contributed by atoms with E-state index < -0.39 is 5.60 Å². The normalized spacial score (nSPS) is 21.0. The van der Waals surface area contributed by atoms with Crippen LogP contribution in [-0.4, -0.2) is 15.3 Å². The van der Waals surface area contributed by atoms with E-state index in [9.17, 15) is 5.11 Å². The Morgan fingerprint density at radius 1 is 1.70 bits per heavy atom. The van der Waals surface area contributed by atoms with E-state index in [1.807, 2.05) is 0 Å². The van der Waals surface area contributed by atoms with Gasteiger partial charge >= 0.3 is 0 Å². The summed E-state index contributed by atoms with van der Waals surface area (Å²) in [6, 6.07) is 0. The Balaban J connectivity index is 2.42. The Hall–Kier alpha value is -0.350. The number of aromatic nitrogens is 2. The number of hydrogen-bond donors (Lipinski definition) is 2. The van der Waals surface area contributed by atoms with Crippen LogP contribution in [0.2, 0.25) is 0 Å². The van der Waals surface area contributed by atoms with Crippen LogP contribution in [0.4, 0.5) is 0 Å². The summed E-state index contributed by atoms with van der Waals surface area (Å²) in [6.07, 6.45) is 3.34. The second-order valence-electron chi connectivity index (χ2n) is 2.62. The number of halogens is 1. The number of H-pyrrole nitrogens is 1. The molecule has 3 nitrogen and oxygen atoms in total. The van der Waals surface area contributed by atoms with Crippen LogP contribution in [0.5, 0.6) is 0 Å². The van der Waals surface area contributed by atoms with Crippen LogP contribution in [0.25, 0.3) is 0 Å². The summed E-state index contributed by atoms with van der Waals surface area (Å²) in [5, 5.41) is 16.1. The second kappa shape index (κ2) is 1.83. The third kappa shape index (κ3) is 0.793. The number of rotatable bonds is 1. The van der Waals surface area contributed by atoms with Gasteiger partial charge in [0.25, 0.3) is 0 Å². The standard InChI is InChI=1S/C6H7BrN2O/c7-4-3-8-9-5(4)6(10)1-2-6/h3,10H,1-2H2,(H,8,9). The average molecular weight is 203 g/mol. The van der Waals surface area contributed by atoms with Crippen LogP contribution in [-0.2, 0) is 5.60 Å². The van der Waals surface area contributed by atoms with Gasteiger partial charge in [0.05, 0.1) is 16.4 Å². The minimum absolute atomic E-state index is 0.602. The molecule has 0 radical (unpaired) electrons. The number of nitrogens with zero attached hydrogens (tertiary/aromatic N) is 1. The highest BCUT2D eigenvalue weighted by atomic mass is 79.9. The highest BCUT2D eigenvalue weighted by Crippen LogP contribution is 2.46. The Bertz CT molecular complexity index is 254. The van der Waals surface area contributed by atoms with Gasteiger partial charge in [-0.2, -0.15) is 5.10 Å². The number of aromatic amines is 1. The third-order valence-corrected chi connectivity index (χ3v) is 2.38. The Labute approximate surface area is 66.6 Å². The molecular formula is C6H7BrN2O.